The highest BCUT2D eigenvalue weighted by Gasteiger charge is 2.34. The van der Waals surface area contributed by atoms with Gasteiger partial charge in [0, 0.05) is 24.7 Å². The van der Waals surface area contributed by atoms with E-state index in [2.05, 4.69) is 10.6 Å². The van der Waals surface area contributed by atoms with Crippen molar-refractivity contribution in [1.29, 1.82) is 0 Å². The van der Waals surface area contributed by atoms with Gasteiger partial charge < -0.3 is 10.6 Å². The summed E-state index contributed by atoms with van der Waals surface area (Å²) in [4.78, 5) is 49.2. The van der Waals surface area contributed by atoms with Crippen molar-refractivity contribution in [3.63, 3.8) is 0 Å². The predicted molar refractivity (Wildman–Crippen MR) is 111 cm³/mol. The van der Waals surface area contributed by atoms with Gasteiger partial charge in [0.2, 0.25) is 5.91 Å². The largest absolute Gasteiger partial charge is 0.353 e. The van der Waals surface area contributed by atoms with Gasteiger partial charge >= 0.3 is 0 Å². The van der Waals surface area contributed by atoms with Crippen molar-refractivity contribution in [1.82, 2.24) is 15.5 Å². The Hall–Kier alpha value is -3.60. The van der Waals surface area contributed by atoms with Gasteiger partial charge in [-0.05, 0) is 36.0 Å². The highest BCUT2D eigenvalue weighted by atomic mass is 32.2. The number of carbonyl (C=O) groups excluding carboxylic acids is 4. The fourth-order valence-corrected chi connectivity index (χ4v) is 3.58. The number of nitrogens with one attached hydrogen (secondary N) is 2. The SMILES string of the molecule is O=C(CNC(=O)c1ccc(F)cc1F)NCCN1C(=O)S/C(=C\c2ccccc2F)C1=O. The summed E-state index contributed by atoms with van der Waals surface area (Å²) < 4.78 is 40.2. The van der Waals surface area contributed by atoms with Crippen LogP contribution in [0.15, 0.2) is 47.4 Å². The minimum Gasteiger partial charge on any atom is -0.353 e. The first-order chi connectivity index (χ1) is 15.3. The number of thioether (sulfide) groups is 1. The summed E-state index contributed by atoms with van der Waals surface area (Å²) in [6.45, 7) is -0.721. The van der Waals surface area contributed by atoms with Gasteiger partial charge in [-0.3, -0.25) is 24.1 Å². The highest BCUT2D eigenvalue weighted by molar-refractivity contribution is 8.18. The van der Waals surface area contributed by atoms with Gasteiger partial charge in [0.25, 0.3) is 17.1 Å². The number of amides is 4. The Labute approximate surface area is 184 Å². The van der Waals surface area contributed by atoms with Crippen LogP contribution >= 0.6 is 11.8 Å². The van der Waals surface area contributed by atoms with Gasteiger partial charge in [-0.1, -0.05) is 18.2 Å². The van der Waals surface area contributed by atoms with Crippen LogP contribution in [-0.2, 0) is 9.59 Å². The van der Waals surface area contributed by atoms with Crippen LogP contribution in [0.5, 0.6) is 0 Å². The molecule has 3 rings (SSSR count). The van der Waals surface area contributed by atoms with E-state index < -0.39 is 52.5 Å². The second kappa shape index (κ2) is 10.1. The molecule has 2 aromatic carbocycles. The Morgan fingerprint density at radius 3 is 2.47 bits per heavy atom. The molecule has 0 unspecified atom stereocenters. The molecule has 0 aliphatic carbocycles. The van der Waals surface area contributed by atoms with Crippen LogP contribution in [0.1, 0.15) is 15.9 Å². The molecule has 0 atom stereocenters. The zero-order valence-corrected chi connectivity index (χ0v) is 17.2. The molecule has 0 radical (unpaired) electrons. The standard InChI is InChI=1S/C21H16F3N3O4S/c22-13-5-6-14(16(24)10-13)19(29)26-11-18(28)25-7-8-27-20(30)17(32-21(27)31)9-12-3-1-2-4-15(12)23/h1-6,9-10H,7-8,11H2,(H,25,28)(H,26,29)/b17-9-. The molecule has 32 heavy (non-hydrogen) atoms. The number of hydrogen-bond acceptors (Lipinski definition) is 5. The fourth-order valence-electron chi connectivity index (χ4n) is 2.73. The lowest BCUT2D eigenvalue weighted by Crippen LogP contribution is -2.41. The average molecular weight is 463 g/mol. The molecule has 0 bridgehead atoms. The Balaban J connectivity index is 1.48. The number of benzene rings is 2. The van der Waals surface area contributed by atoms with E-state index in [0.29, 0.717) is 17.8 Å². The number of nitrogens with zero attached hydrogens (tertiary/aromatic N) is 1. The molecule has 1 aliphatic heterocycles. The Morgan fingerprint density at radius 1 is 1.00 bits per heavy atom. The highest BCUT2D eigenvalue weighted by Crippen LogP contribution is 2.32. The third-order valence-corrected chi connectivity index (χ3v) is 5.22. The Morgan fingerprint density at radius 2 is 1.75 bits per heavy atom. The van der Waals surface area contributed by atoms with Crippen LogP contribution in [0.4, 0.5) is 18.0 Å². The summed E-state index contributed by atoms with van der Waals surface area (Å²) >= 11 is 0.658. The summed E-state index contributed by atoms with van der Waals surface area (Å²) in [6.07, 6.45) is 1.28. The molecule has 2 N–H and O–H groups in total. The van der Waals surface area contributed by atoms with Gasteiger partial charge in [-0.15, -0.1) is 0 Å². The van der Waals surface area contributed by atoms with E-state index in [4.69, 9.17) is 0 Å². The van der Waals surface area contributed by atoms with Crippen molar-refractivity contribution < 1.29 is 32.3 Å². The second-order valence-corrected chi connectivity index (χ2v) is 7.50. The molecule has 1 aliphatic rings. The van der Waals surface area contributed by atoms with Gasteiger partial charge in [-0.2, -0.15) is 0 Å². The van der Waals surface area contributed by atoms with E-state index in [1.807, 2.05) is 0 Å². The van der Waals surface area contributed by atoms with Crippen molar-refractivity contribution >= 4 is 40.8 Å². The maximum absolute atomic E-state index is 13.8. The van der Waals surface area contributed by atoms with Crippen LogP contribution in [0.2, 0.25) is 0 Å². The number of halogens is 3. The first kappa shape index (κ1) is 23.1. The molecule has 0 aromatic heterocycles. The van der Waals surface area contributed by atoms with E-state index in [-0.39, 0.29) is 23.6 Å². The summed E-state index contributed by atoms with van der Waals surface area (Å²) in [5, 5.41) is 4.03. The van der Waals surface area contributed by atoms with Crippen molar-refractivity contribution in [2.75, 3.05) is 19.6 Å². The van der Waals surface area contributed by atoms with Crippen LogP contribution in [-0.4, -0.2) is 47.5 Å². The van der Waals surface area contributed by atoms with Crippen LogP contribution < -0.4 is 10.6 Å². The number of carbonyl (C=O) groups is 4. The van der Waals surface area contributed by atoms with Gasteiger partial charge in [0.1, 0.15) is 17.5 Å². The zero-order valence-electron chi connectivity index (χ0n) is 16.4. The molecule has 0 saturated carbocycles. The van der Waals surface area contributed by atoms with E-state index in [0.717, 1.165) is 17.0 Å². The van der Waals surface area contributed by atoms with Crippen LogP contribution in [0.3, 0.4) is 0 Å². The lowest BCUT2D eigenvalue weighted by Gasteiger charge is -2.13. The van der Waals surface area contributed by atoms with Crippen molar-refractivity contribution in [2.24, 2.45) is 0 Å². The molecule has 166 valence electrons. The van der Waals surface area contributed by atoms with E-state index in [9.17, 15) is 32.3 Å². The van der Waals surface area contributed by atoms with Gasteiger partial charge in [-0.25, -0.2) is 13.2 Å². The lowest BCUT2D eigenvalue weighted by molar-refractivity contribution is -0.124. The Bertz CT molecular complexity index is 1120. The Kier molecular flexibility index (Phi) is 7.31. The molecule has 1 saturated heterocycles. The molecule has 1 heterocycles. The topological polar surface area (TPSA) is 95.6 Å². The van der Waals surface area contributed by atoms with Crippen molar-refractivity contribution in [3.05, 3.63) is 75.9 Å². The summed E-state index contributed by atoms with van der Waals surface area (Å²) in [6, 6.07) is 8.20. The normalized spacial score (nSPS) is 14.7. The molecular weight excluding hydrogens is 447 g/mol. The second-order valence-electron chi connectivity index (χ2n) is 6.51. The maximum Gasteiger partial charge on any atom is 0.293 e. The quantitative estimate of drug-likeness (QED) is 0.616. The van der Waals surface area contributed by atoms with Crippen LogP contribution in [0.25, 0.3) is 6.08 Å². The molecule has 11 heteroatoms. The predicted octanol–water partition coefficient (Wildman–Crippen LogP) is 2.69. The van der Waals surface area contributed by atoms with Crippen molar-refractivity contribution in [3.8, 4) is 0 Å². The molecule has 2 aromatic rings. The maximum atomic E-state index is 13.8. The number of imide groups is 1. The fraction of sp³-hybridized carbons (Fsp3) is 0.143. The first-order valence-corrected chi connectivity index (χ1v) is 10.1. The minimum atomic E-state index is -1.06. The van der Waals surface area contributed by atoms with E-state index in [1.54, 1.807) is 6.07 Å². The minimum absolute atomic E-state index is 0.0556. The van der Waals surface area contributed by atoms with Crippen molar-refractivity contribution in [2.45, 2.75) is 0 Å². The van der Waals surface area contributed by atoms with Gasteiger partial charge in [0.15, 0.2) is 0 Å². The van der Waals surface area contributed by atoms with Gasteiger partial charge in [0.05, 0.1) is 17.0 Å². The van der Waals surface area contributed by atoms with E-state index >= 15 is 0 Å². The molecular formula is C21H16F3N3O4S. The smallest absolute Gasteiger partial charge is 0.293 e. The summed E-state index contributed by atoms with van der Waals surface area (Å²) in [7, 11) is 0. The third kappa shape index (κ3) is 5.55. The molecule has 0 spiro atoms. The average Bonchev–Trinajstić information content (AvgIpc) is 3.01. The summed E-state index contributed by atoms with van der Waals surface area (Å²) in [5.41, 5.74) is -0.252. The summed E-state index contributed by atoms with van der Waals surface area (Å²) in [5.74, 6) is -4.60. The number of hydrogen-bond donors (Lipinski definition) is 2. The molecule has 7 nitrogen and oxygen atoms in total. The zero-order chi connectivity index (χ0) is 23.3. The number of rotatable bonds is 7. The lowest BCUT2D eigenvalue weighted by atomic mass is 10.2. The third-order valence-electron chi connectivity index (χ3n) is 4.31. The molecule has 1 fully saturated rings. The first-order valence-electron chi connectivity index (χ1n) is 9.26. The van der Waals surface area contributed by atoms with Crippen LogP contribution in [0, 0.1) is 17.5 Å². The monoisotopic (exact) mass is 463 g/mol. The van der Waals surface area contributed by atoms with E-state index in [1.165, 1.54) is 24.3 Å². The molecule has 4 amide bonds.